The van der Waals surface area contributed by atoms with Gasteiger partial charge in [0.1, 0.15) is 0 Å². The van der Waals surface area contributed by atoms with Crippen LogP contribution in [0.2, 0.25) is 0 Å². The first-order valence-corrected chi connectivity index (χ1v) is 6.48. The molecule has 1 aromatic carbocycles. The van der Waals surface area contributed by atoms with E-state index in [4.69, 9.17) is 0 Å². The Balaban J connectivity index is 1.94. The molecule has 0 saturated carbocycles. The van der Waals surface area contributed by atoms with E-state index >= 15 is 0 Å². The minimum Gasteiger partial charge on any atom is -0.369 e. The van der Waals surface area contributed by atoms with E-state index in [1.165, 1.54) is 18.7 Å². The topological polar surface area (TPSA) is 35.9 Å². The second-order valence-electron chi connectivity index (χ2n) is 4.55. The normalized spacial score (nSPS) is 16.4. The highest BCUT2D eigenvalue weighted by Gasteiger charge is 2.15. The molecule has 1 fully saturated rings. The van der Waals surface area contributed by atoms with Crippen LogP contribution in [0.1, 0.15) is 13.3 Å². The third-order valence-corrected chi connectivity index (χ3v) is 3.30. The van der Waals surface area contributed by atoms with Crippen LogP contribution >= 0.6 is 0 Å². The van der Waals surface area contributed by atoms with Gasteiger partial charge >= 0.3 is 0 Å². The Labute approximate surface area is 108 Å². The molecule has 1 heterocycles. The molecule has 18 heavy (non-hydrogen) atoms. The van der Waals surface area contributed by atoms with Crippen LogP contribution in [-0.4, -0.2) is 43.7 Å². The third-order valence-electron chi connectivity index (χ3n) is 3.30. The molecule has 0 bridgehead atoms. The number of anilines is 1. The summed E-state index contributed by atoms with van der Waals surface area (Å²) in [4.78, 5) is 18.6. The number of piperazine rings is 1. The predicted molar refractivity (Wildman–Crippen MR) is 73.2 cm³/mol. The fraction of sp³-hybridized carbons (Fsp3) is 0.500. The van der Waals surface area contributed by atoms with Crippen molar-refractivity contribution in [3.8, 4) is 0 Å². The smallest absolute Gasteiger partial charge is 0.240 e. The first-order valence-electron chi connectivity index (χ1n) is 6.48. The van der Waals surface area contributed by atoms with Crippen LogP contribution in [0, 0.1) is 0 Å². The van der Waals surface area contributed by atoms with Gasteiger partial charge in [0.25, 0.3) is 0 Å². The van der Waals surface area contributed by atoms with Gasteiger partial charge in [-0.15, -0.1) is 0 Å². The number of nitrogens with zero attached hydrogens (tertiary/aromatic N) is 3. The second-order valence-corrected chi connectivity index (χ2v) is 4.55. The van der Waals surface area contributed by atoms with Gasteiger partial charge in [0.15, 0.2) is 0 Å². The van der Waals surface area contributed by atoms with Crippen molar-refractivity contribution in [2.45, 2.75) is 13.3 Å². The van der Waals surface area contributed by atoms with E-state index in [1.807, 2.05) is 24.3 Å². The van der Waals surface area contributed by atoms with Crippen molar-refractivity contribution in [3.05, 3.63) is 24.3 Å². The summed E-state index contributed by atoms with van der Waals surface area (Å²) >= 11 is 0. The van der Waals surface area contributed by atoms with E-state index < -0.39 is 0 Å². The first-order chi connectivity index (χ1) is 8.83. The molecule has 4 heteroatoms. The van der Waals surface area contributed by atoms with Crippen LogP contribution in [-0.2, 0) is 4.79 Å². The molecule has 0 radical (unpaired) electrons. The van der Waals surface area contributed by atoms with Crippen molar-refractivity contribution >= 4 is 17.5 Å². The van der Waals surface area contributed by atoms with Crippen LogP contribution < -0.4 is 4.90 Å². The largest absolute Gasteiger partial charge is 0.369 e. The maximum Gasteiger partial charge on any atom is 0.240 e. The number of carbonyl (C=O) groups excluding carboxylic acids is 1. The quantitative estimate of drug-likeness (QED) is 0.602. The van der Waals surface area contributed by atoms with E-state index in [2.05, 4.69) is 21.7 Å². The molecule has 1 saturated heterocycles. The molecule has 4 nitrogen and oxygen atoms in total. The van der Waals surface area contributed by atoms with Crippen LogP contribution in [0.25, 0.3) is 0 Å². The average molecular weight is 245 g/mol. The summed E-state index contributed by atoms with van der Waals surface area (Å²) in [6.07, 6.45) is 2.78. The standard InChI is InChI=1S/C14H19N3O/c1-2-7-16-8-10-17(11-9-16)14-5-3-13(4-6-14)15-12-18/h3-6H,2,7-11H2,1H3. The molecule has 0 amide bonds. The monoisotopic (exact) mass is 245 g/mol. The lowest BCUT2D eigenvalue weighted by Gasteiger charge is -2.36. The van der Waals surface area contributed by atoms with E-state index in [1.54, 1.807) is 6.08 Å². The van der Waals surface area contributed by atoms with Gasteiger partial charge in [0.2, 0.25) is 6.08 Å². The number of hydrogen-bond donors (Lipinski definition) is 0. The maximum absolute atomic E-state index is 10.2. The molecule has 0 aliphatic carbocycles. The molecule has 1 aliphatic rings. The molecule has 1 aliphatic heterocycles. The molecular formula is C14H19N3O. The van der Waals surface area contributed by atoms with Gasteiger partial charge in [0, 0.05) is 31.9 Å². The first kappa shape index (κ1) is 12.8. The summed E-state index contributed by atoms with van der Waals surface area (Å²) in [5.41, 5.74) is 1.87. The Morgan fingerprint density at radius 1 is 1.17 bits per heavy atom. The van der Waals surface area contributed by atoms with Crippen molar-refractivity contribution in [3.63, 3.8) is 0 Å². The highest BCUT2D eigenvalue weighted by atomic mass is 16.1. The van der Waals surface area contributed by atoms with E-state index in [-0.39, 0.29) is 0 Å². The van der Waals surface area contributed by atoms with Crippen LogP contribution in [0.5, 0.6) is 0 Å². The van der Waals surface area contributed by atoms with Crippen molar-refractivity contribution < 1.29 is 4.79 Å². The molecule has 0 atom stereocenters. The van der Waals surface area contributed by atoms with Crippen molar-refractivity contribution in [2.75, 3.05) is 37.6 Å². The fourth-order valence-electron chi connectivity index (χ4n) is 2.34. The summed E-state index contributed by atoms with van der Waals surface area (Å²) in [5.74, 6) is 0. The van der Waals surface area contributed by atoms with E-state index in [9.17, 15) is 4.79 Å². The van der Waals surface area contributed by atoms with Gasteiger partial charge in [-0.3, -0.25) is 4.90 Å². The van der Waals surface area contributed by atoms with Crippen LogP contribution in [0.3, 0.4) is 0 Å². The van der Waals surface area contributed by atoms with Gasteiger partial charge in [0.05, 0.1) is 5.69 Å². The zero-order chi connectivity index (χ0) is 12.8. The van der Waals surface area contributed by atoms with Crippen molar-refractivity contribution in [1.82, 2.24) is 4.90 Å². The Kier molecular flexibility index (Phi) is 4.51. The summed E-state index contributed by atoms with van der Waals surface area (Å²) in [6, 6.07) is 7.76. The van der Waals surface area contributed by atoms with Gasteiger partial charge in [-0.2, -0.15) is 4.99 Å². The van der Waals surface area contributed by atoms with Crippen molar-refractivity contribution in [1.29, 1.82) is 0 Å². The number of aliphatic imine (C=N–C) groups is 1. The number of benzene rings is 1. The minimum atomic E-state index is 0.665. The Bertz CT molecular complexity index is 415. The molecule has 96 valence electrons. The average Bonchev–Trinajstić information content (AvgIpc) is 2.41. The van der Waals surface area contributed by atoms with Gasteiger partial charge in [-0.05, 0) is 37.2 Å². The second kappa shape index (κ2) is 6.34. The SMILES string of the molecule is CCCN1CCN(c2ccc(N=C=O)cc2)CC1. The highest BCUT2D eigenvalue weighted by molar-refractivity contribution is 5.56. The van der Waals surface area contributed by atoms with E-state index in [0.717, 1.165) is 26.2 Å². The lowest BCUT2D eigenvalue weighted by atomic mass is 10.2. The number of isocyanates is 1. The lowest BCUT2D eigenvalue weighted by molar-refractivity contribution is 0.258. The minimum absolute atomic E-state index is 0.665. The molecule has 0 spiro atoms. The Morgan fingerprint density at radius 3 is 2.39 bits per heavy atom. The fourth-order valence-corrected chi connectivity index (χ4v) is 2.34. The van der Waals surface area contributed by atoms with Crippen LogP contribution in [0.4, 0.5) is 11.4 Å². The Morgan fingerprint density at radius 2 is 1.83 bits per heavy atom. The maximum atomic E-state index is 10.2. The van der Waals surface area contributed by atoms with Gasteiger partial charge < -0.3 is 4.90 Å². The summed E-state index contributed by atoms with van der Waals surface area (Å²) in [6.45, 7) is 7.80. The summed E-state index contributed by atoms with van der Waals surface area (Å²) in [7, 11) is 0. The molecular weight excluding hydrogens is 226 g/mol. The third kappa shape index (κ3) is 3.19. The van der Waals surface area contributed by atoms with Crippen molar-refractivity contribution in [2.24, 2.45) is 4.99 Å². The van der Waals surface area contributed by atoms with E-state index in [0.29, 0.717) is 5.69 Å². The summed E-state index contributed by atoms with van der Waals surface area (Å²) < 4.78 is 0. The molecule has 0 N–H and O–H groups in total. The molecule has 0 unspecified atom stereocenters. The molecule has 2 rings (SSSR count). The molecule has 0 aromatic heterocycles. The number of hydrogen-bond acceptors (Lipinski definition) is 4. The van der Waals surface area contributed by atoms with Gasteiger partial charge in [-0.25, -0.2) is 4.79 Å². The molecule has 1 aromatic rings. The summed E-state index contributed by atoms with van der Waals surface area (Å²) in [5, 5.41) is 0. The van der Waals surface area contributed by atoms with Crippen LogP contribution in [0.15, 0.2) is 29.3 Å². The number of rotatable bonds is 4. The van der Waals surface area contributed by atoms with Gasteiger partial charge in [-0.1, -0.05) is 6.92 Å². The zero-order valence-corrected chi connectivity index (χ0v) is 10.8. The lowest BCUT2D eigenvalue weighted by Crippen LogP contribution is -2.46. The Hall–Kier alpha value is -1.64. The highest BCUT2D eigenvalue weighted by Crippen LogP contribution is 2.20. The zero-order valence-electron chi connectivity index (χ0n) is 10.8. The predicted octanol–water partition coefficient (Wildman–Crippen LogP) is 2.19.